The molecule has 8 heteroatoms. The van der Waals surface area contributed by atoms with Crippen LogP contribution in [0.3, 0.4) is 0 Å². The molecule has 0 saturated carbocycles. The van der Waals surface area contributed by atoms with Crippen molar-refractivity contribution >= 4 is 15.9 Å². The number of carbonyl (C=O) groups excluding carboxylic acids is 1. The van der Waals surface area contributed by atoms with E-state index in [0.29, 0.717) is 0 Å². The van der Waals surface area contributed by atoms with Crippen LogP contribution in [-0.4, -0.2) is 38.0 Å². The molecule has 1 amide bonds. The van der Waals surface area contributed by atoms with Gasteiger partial charge in [-0.1, -0.05) is 24.3 Å². The molecule has 0 aliphatic carbocycles. The van der Waals surface area contributed by atoms with Crippen molar-refractivity contribution < 1.29 is 22.0 Å². The highest BCUT2D eigenvalue weighted by Crippen LogP contribution is 2.13. The fraction of sp³-hybridized carbons (Fsp3) is 0.278. The lowest BCUT2D eigenvalue weighted by Gasteiger charge is -2.21. The second kappa shape index (κ2) is 8.37. The van der Waals surface area contributed by atoms with Crippen molar-refractivity contribution in [2.24, 2.45) is 0 Å². The summed E-state index contributed by atoms with van der Waals surface area (Å²) in [6.45, 7) is 2.17. The SMILES string of the molecule is Cc1ccccc1CN(CCNC(=O)c1ccc(F)c(F)c1)S(C)(=O)=O. The van der Waals surface area contributed by atoms with E-state index in [1.54, 1.807) is 0 Å². The van der Waals surface area contributed by atoms with Crippen LogP contribution in [0.4, 0.5) is 8.78 Å². The van der Waals surface area contributed by atoms with E-state index in [-0.39, 0.29) is 25.2 Å². The van der Waals surface area contributed by atoms with Crippen molar-refractivity contribution in [1.29, 1.82) is 0 Å². The molecule has 26 heavy (non-hydrogen) atoms. The van der Waals surface area contributed by atoms with Crippen molar-refractivity contribution in [1.82, 2.24) is 9.62 Å². The summed E-state index contributed by atoms with van der Waals surface area (Å²) < 4.78 is 51.3. The summed E-state index contributed by atoms with van der Waals surface area (Å²) in [5.41, 5.74) is 1.80. The molecule has 0 aliphatic heterocycles. The summed E-state index contributed by atoms with van der Waals surface area (Å²) >= 11 is 0. The summed E-state index contributed by atoms with van der Waals surface area (Å²) in [4.78, 5) is 12.0. The van der Waals surface area contributed by atoms with Gasteiger partial charge in [0, 0.05) is 25.2 Å². The van der Waals surface area contributed by atoms with Gasteiger partial charge in [0.2, 0.25) is 10.0 Å². The van der Waals surface area contributed by atoms with Gasteiger partial charge in [-0.15, -0.1) is 0 Å². The van der Waals surface area contributed by atoms with Gasteiger partial charge < -0.3 is 5.32 Å². The fourth-order valence-corrected chi connectivity index (χ4v) is 3.17. The standard InChI is InChI=1S/C18H20F2N2O3S/c1-13-5-3-4-6-15(13)12-22(26(2,24)25)10-9-21-18(23)14-7-8-16(19)17(20)11-14/h3-8,11H,9-10,12H2,1-2H3,(H,21,23). The van der Waals surface area contributed by atoms with Gasteiger partial charge in [-0.25, -0.2) is 17.2 Å². The molecule has 0 heterocycles. The van der Waals surface area contributed by atoms with Gasteiger partial charge >= 0.3 is 0 Å². The third-order valence-corrected chi connectivity index (χ3v) is 5.16. The Morgan fingerprint density at radius 1 is 1.12 bits per heavy atom. The lowest BCUT2D eigenvalue weighted by molar-refractivity contribution is 0.0951. The second-order valence-electron chi connectivity index (χ2n) is 5.91. The lowest BCUT2D eigenvalue weighted by Crippen LogP contribution is -2.37. The predicted octanol–water partition coefficient (Wildman–Crippen LogP) is 2.46. The van der Waals surface area contributed by atoms with Crippen LogP contribution >= 0.6 is 0 Å². The second-order valence-corrected chi connectivity index (χ2v) is 7.89. The van der Waals surface area contributed by atoms with Gasteiger partial charge in [-0.2, -0.15) is 4.31 Å². The molecule has 0 radical (unpaired) electrons. The van der Waals surface area contributed by atoms with Gasteiger partial charge in [-0.05, 0) is 36.2 Å². The summed E-state index contributed by atoms with van der Waals surface area (Å²) in [6.07, 6.45) is 1.10. The molecule has 2 aromatic carbocycles. The maximum absolute atomic E-state index is 13.2. The fourth-order valence-electron chi connectivity index (χ4n) is 2.37. The molecule has 0 atom stereocenters. The Kier molecular flexibility index (Phi) is 6.44. The number of amides is 1. The van der Waals surface area contributed by atoms with E-state index in [4.69, 9.17) is 0 Å². The average Bonchev–Trinajstić information content (AvgIpc) is 2.57. The molecule has 0 saturated heterocycles. The normalized spacial score (nSPS) is 11.6. The van der Waals surface area contributed by atoms with Gasteiger partial charge in [0.15, 0.2) is 11.6 Å². The van der Waals surface area contributed by atoms with E-state index in [2.05, 4.69) is 5.32 Å². The Hall–Kier alpha value is -2.32. The highest BCUT2D eigenvalue weighted by Gasteiger charge is 2.18. The van der Waals surface area contributed by atoms with Crippen LogP contribution in [0, 0.1) is 18.6 Å². The predicted molar refractivity (Wildman–Crippen MR) is 95.1 cm³/mol. The quantitative estimate of drug-likeness (QED) is 0.800. The first-order valence-electron chi connectivity index (χ1n) is 7.91. The first-order chi connectivity index (χ1) is 12.2. The van der Waals surface area contributed by atoms with Gasteiger partial charge in [0.1, 0.15) is 0 Å². The maximum Gasteiger partial charge on any atom is 0.251 e. The summed E-state index contributed by atoms with van der Waals surface area (Å²) in [7, 11) is -3.48. The van der Waals surface area contributed by atoms with Crippen LogP contribution in [0.2, 0.25) is 0 Å². The average molecular weight is 382 g/mol. The van der Waals surface area contributed by atoms with E-state index < -0.39 is 27.6 Å². The first-order valence-corrected chi connectivity index (χ1v) is 9.76. The van der Waals surface area contributed by atoms with E-state index in [9.17, 15) is 22.0 Å². The number of benzene rings is 2. The molecule has 0 aliphatic rings. The van der Waals surface area contributed by atoms with Crippen LogP contribution in [0.25, 0.3) is 0 Å². The largest absolute Gasteiger partial charge is 0.351 e. The molecule has 5 nitrogen and oxygen atoms in total. The van der Waals surface area contributed by atoms with Crippen LogP contribution < -0.4 is 5.32 Å². The minimum absolute atomic E-state index is 0.0336. The number of rotatable bonds is 7. The number of halogens is 2. The lowest BCUT2D eigenvalue weighted by atomic mass is 10.1. The molecule has 2 rings (SSSR count). The number of sulfonamides is 1. The molecule has 0 unspecified atom stereocenters. The molecule has 0 bridgehead atoms. The van der Waals surface area contributed by atoms with Crippen molar-refractivity contribution in [3.63, 3.8) is 0 Å². The molecule has 0 aromatic heterocycles. The molecule has 0 fully saturated rings. The zero-order valence-corrected chi connectivity index (χ0v) is 15.3. The van der Waals surface area contributed by atoms with Gasteiger partial charge in [-0.3, -0.25) is 4.79 Å². The number of carbonyl (C=O) groups is 1. The summed E-state index contributed by atoms with van der Waals surface area (Å²) in [5.74, 6) is -2.76. The highest BCUT2D eigenvalue weighted by molar-refractivity contribution is 7.88. The number of hydrogen-bond acceptors (Lipinski definition) is 3. The third kappa shape index (κ3) is 5.34. The van der Waals surface area contributed by atoms with E-state index in [1.807, 2.05) is 31.2 Å². The Morgan fingerprint density at radius 2 is 1.81 bits per heavy atom. The van der Waals surface area contributed by atoms with Gasteiger partial charge in [0.05, 0.1) is 6.26 Å². The van der Waals surface area contributed by atoms with E-state index >= 15 is 0 Å². The molecular formula is C18H20F2N2O3S. The Labute approximate surface area is 151 Å². The third-order valence-electron chi connectivity index (χ3n) is 3.91. The Bertz CT molecular complexity index is 901. The zero-order valence-electron chi connectivity index (χ0n) is 14.5. The Balaban J connectivity index is 2.00. The number of nitrogens with one attached hydrogen (secondary N) is 1. The minimum Gasteiger partial charge on any atom is -0.351 e. The summed E-state index contributed by atoms with van der Waals surface area (Å²) in [5, 5.41) is 2.51. The van der Waals surface area contributed by atoms with E-state index in [1.165, 1.54) is 4.31 Å². The van der Waals surface area contributed by atoms with Crippen molar-refractivity contribution in [2.45, 2.75) is 13.5 Å². The van der Waals surface area contributed by atoms with Gasteiger partial charge in [0.25, 0.3) is 5.91 Å². The zero-order chi connectivity index (χ0) is 19.3. The first kappa shape index (κ1) is 20.0. The monoisotopic (exact) mass is 382 g/mol. The maximum atomic E-state index is 13.2. The number of aryl methyl sites for hydroxylation is 1. The smallest absolute Gasteiger partial charge is 0.251 e. The highest BCUT2D eigenvalue weighted by atomic mass is 32.2. The van der Waals surface area contributed by atoms with Crippen molar-refractivity contribution in [2.75, 3.05) is 19.3 Å². The minimum atomic E-state index is -3.48. The summed E-state index contributed by atoms with van der Waals surface area (Å²) in [6, 6.07) is 10.3. The number of nitrogens with zero attached hydrogens (tertiary/aromatic N) is 1. The Morgan fingerprint density at radius 3 is 2.42 bits per heavy atom. The van der Waals surface area contributed by atoms with Crippen molar-refractivity contribution in [3.8, 4) is 0 Å². The molecular weight excluding hydrogens is 362 g/mol. The van der Waals surface area contributed by atoms with Crippen LogP contribution in [0.15, 0.2) is 42.5 Å². The van der Waals surface area contributed by atoms with Crippen LogP contribution in [0.1, 0.15) is 21.5 Å². The van der Waals surface area contributed by atoms with E-state index in [0.717, 1.165) is 35.6 Å². The van der Waals surface area contributed by atoms with Crippen molar-refractivity contribution in [3.05, 3.63) is 70.8 Å². The molecule has 140 valence electrons. The van der Waals surface area contributed by atoms with Crippen LogP contribution in [0.5, 0.6) is 0 Å². The molecule has 2 aromatic rings. The topological polar surface area (TPSA) is 66.5 Å². The molecule has 1 N–H and O–H groups in total. The molecule has 0 spiro atoms. The van der Waals surface area contributed by atoms with Crippen LogP contribution in [-0.2, 0) is 16.6 Å². The number of hydrogen-bond donors (Lipinski definition) is 1.